The summed E-state index contributed by atoms with van der Waals surface area (Å²) >= 11 is 0.506. The third kappa shape index (κ3) is 1.67. The molecule has 0 atom stereocenters. The van der Waals surface area contributed by atoms with E-state index in [9.17, 15) is 0 Å². The summed E-state index contributed by atoms with van der Waals surface area (Å²) in [4.78, 5) is 4.30. The van der Waals surface area contributed by atoms with Crippen LogP contribution in [0.15, 0.2) is 4.99 Å². The van der Waals surface area contributed by atoms with Gasteiger partial charge in [-0.3, -0.25) is 0 Å². The van der Waals surface area contributed by atoms with Crippen molar-refractivity contribution in [3.8, 4) is 0 Å². The second-order valence-electron chi connectivity index (χ2n) is 3.82. The SMILES string of the molecule is NC1=NCCC2(CCCCC2)[Se]1. The monoisotopic (exact) mass is 232 g/mol. The van der Waals surface area contributed by atoms with E-state index in [1.165, 1.54) is 38.5 Å². The normalized spacial score (nSPS) is 28.5. The molecule has 0 bridgehead atoms. The Morgan fingerprint density at radius 2 is 1.92 bits per heavy atom. The summed E-state index contributed by atoms with van der Waals surface area (Å²) in [6.07, 6.45) is 8.44. The van der Waals surface area contributed by atoms with Gasteiger partial charge in [0.05, 0.1) is 0 Å². The van der Waals surface area contributed by atoms with E-state index in [2.05, 4.69) is 4.99 Å². The summed E-state index contributed by atoms with van der Waals surface area (Å²) < 4.78 is 1.60. The van der Waals surface area contributed by atoms with Crippen LogP contribution in [-0.2, 0) is 0 Å². The van der Waals surface area contributed by atoms with Gasteiger partial charge in [-0.25, -0.2) is 0 Å². The molecule has 1 heterocycles. The molecule has 1 spiro atoms. The quantitative estimate of drug-likeness (QED) is 0.631. The Hall–Kier alpha value is -0.0105. The Labute approximate surface area is 80.2 Å². The van der Waals surface area contributed by atoms with Crippen molar-refractivity contribution in [3.05, 3.63) is 0 Å². The maximum atomic E-state index is 5.82. The van der Waals surface area contributed by atoms with E-state index < -0.39 is 0 Å². The van der Waals surface area contributed by atoms with Gasteiger partial charge in [-0.15, -0.1) is 0 Å². The van der Waals surface area contributed by atoms with Crippen LogP contribution in [0.3, 0.4) is 0 Å². The predicted octanol–water partition coefficient (Wildman–Crippen LogP) is 1.53. The molecule has 0 radical (unpaired) electrons. The summed E-state index contributed by atoms with van der Waals surface area (Å²) in [5.74, 6) is 0. The number of aliphatic imine (C=N–C) groups is 1. The molecule has 0 aromatic carbocycles. The van der Waals surface area contributed by atoms with Crippen molar-refractivity contribution in [1.29, 1.82) is 0 Å². The average Bonchev–Trinajstić information content (AvgIpc) is 2.05. The molecule has 2 N–H and O–H groups in total. The molecule has 3 heteroatoms. The Bertz CT molecular complexity index is 195. The molecule has 0 amide bonds. The Balaban J connectivity index is 2.05. The van der Waals surface area contributed by atoms with Gasteiger partial charge in [0.15, 0.2) is 0 Å². The zero-order chi connectivity index (χ0) is 8.44. The van der Waals surface area contributed by atoms with Gasteiger partial charge < -0.3 is 0 Å². The van der Waals surface area contributed by atoms with Gasteiger partial charge in [0.1, 0.15) is 0 Å². The summed E-state index contributed by atoms with van der Waals surface area (Å²) in [7, 11) is 0. The van der Waals surface area contributed by atoms with Crippen LogP contribution in [0.4, 0.5) is 0 Å². The summed E-state index contributed by atoms with van der Waals surface area (Å²) in [5, 5.41) is 0. The third-order valence-electron chi connectivity index (χ3n) is 2.92. The molecule has 0 unspecified atom stereocenters. The fourth-order valence-corrected chi connectivity index (χ4v) is 4.92. The van der Waals surface area contributed by atoms with Gasteiger partial charge in [0.2, 0.25) is 0 Å². The van der Waals surface area contributed by atoms with E-state index in [-0.39, 0.29) is 0 Å². The van der Waals surface area contributed by atoms with Gasteiger partial charge in [-0.05, 0) is 0 Å². The second kappa shape index (κ2) is 3.39. The van der Waals surface area contributed by atoms with Crippen molar-refractivity contribution in [2.45, 2.75) is 42.8 Å². The van der Waals surface area contributed by atoms with Gasteiger partial charge in [-0.1, -0.05) is 0 Å². The predicted molar refractivity (Wildman–Crippen MR) is 52.6 cm³/mol. The molecule has 1 aliphatic heterocycles. The summed E-state index contributed by atoms with van der Waals surface area (Å²) in [5.41, 5.74) is 5.82. The van der Waals surface area contributed by atoms with E-state index in [4.69, 9.17) is 5.73 Å². The zero-order valence-corrected chi connectivity index (χ0v) is 9.10. The third-order valence-corrected chi connectivity index (χ3v) is 5.82. The molecule has 12 heavy (non-hydrogen) atoms. The van der Waals surface area contributed by atoms with E-state index in [1.807, 2.05) is 0 Å². The first-order chi connectivity index (χ1) is 5.81. The van der Waals surface area contributed by atoms with Crippen molar-refractivity contribution < 1.29 is 0 Å². The minimum absolute atomic E-state index is 0.506. The minimum atomic E-state index is 0.506. The second-order valence-corrected chi connectivity index (χ2v) is 6.94. The molecule has 0 saturated heterocycles. The Morgan fingerprint density at radius 1 is 1.17 bits per heavy atom. The Morgan fingerprint density at radius 3 is 2.58 bits per heavy atom. The molecule has 2 nitrogen and oxygen atoms in total. The molecule has 2 rings (SSSR count). The van der Waals surface area contributed by atoms with Crippen LogP contribution in [0.25, 0.3) is 0 Å². The first kappa shape index (κ1) is 8.58. The van der Waals surface area contributed by atoms with Crippen LogP contribution in [0.2, 0.25) is 4.31 Å². The van der Waals surface area contributed by atoms with Crippen molar-refractivity contribution in [2.24, 2.45) is 10.7 Å². The average molecular weight is 231 g/mol. The van der Waals surface area contributed by atoms with Crippen LogP contribution < -0.4 is 5.73 Å². The van der Waals surface area contributed by atoms with Crippen LogP contribution in [-0.4, -0.2) is 26.2 Å². The van der Waals surface area contributed by atoms with Crippen LogP contribution in [0.1, 0.15) is 38.5 Å². The van der Waals surface area contributed by atoms with Crippen LogP contribution in [0.5, 0.6) is 0 Å². The van der Waals surface area contributed by atoms with Crippen LogP contribution >= 0.6 is 0 Å². The molecule has 2 aliphatic rings. The van der Waals surface area contributed by atoms with Gasteiger partial charge in [0, 0.05) is 0 Å². The molecule has 68 valence electrons. The van der Waals surface area contributed by atoms with Crippen LogP contribution in [0, 0.1) is 0 Å². The van der Waals surface area contributed by atoms with E-state index in [0.29, 0.717) is 19.3 Å². The number of amidine groups is 1. The number of hydrogen-bond acceptors (Lipinski definition) is 2. The van der Waals surface area contributed by atoms with Gasteiger partial charge in [0.25, 0.3) is 0 Å². The van der Waals surface area contributed by atoms with Gasteiger partial charge >= 0.3 is 79.8 Å². The molecular formula is C9H16N2Se. The number of hydrogen-bond donors (Lipinski definition) is 1. The van der Waals surface area contributed by atoms with E-state index >= 15 is 0 Å². The summed E-state index contributed by atoms with van der Waals surface area (Å²) in [6, 6.07) is 0. The molecule has 0 aromatic heterocycles. The van der Waals surface area contributed by atoms with Crippen molar-refractivity contribution >= 4 is 19.7 Å². The molecule has 0 aromatic rings. The number of rotatable bonds is 0. The topological polar surface area (TPSA) is 38.4 Å². The van der Waals surface area contributed by atoms with Crippen molar-refractivity contribution in [1.82, 2.24) is 0 Å². The van der Waals surface area contributed by atoms with Crippen molar-refractivity contribution in [3.63, 3.8) is 0 Å². The number of nitrogens with zero attached hydrogens (tertiary/aromatic N) is 1. The maximum absolute atomic E-state index is 5.82. The van der Waals surface area contributed by atoms with Gasteiger partial charge in [-0.2, -0.15) is 0 Å². The summed E-state index contributed by atoms with van der Waals surface area (Å²) in [6.45, 7) is 0.994. The first-order valence-electron chi connectivity index (χ1n) is 4.80. The number of nitrogens with two attached hydrogens (primary N) is 1. The Kier molecular flexibility index (Phi) is 2.42. The fraction of sp³-hybridized carbons (Fsp3) is 0.889. The standard InChI is InChI=1S/C9H16N2Se/c10-8-11-7-6-9(12-8)4-2-1-3-5-9/h1-7H2,(H2,10,11). The van der Waals surface area contributed by atoms with E-state index in [0.717, 1.165) is 11.3 Å². The molecule has 1 aliphatic carbocycles. The zero-order valence-electron chi connectivity index (χ0n) is 7.38. The first-order valence-corrected chi connectivity index (χ1v) is 6.51. The molecule has 1 fully saturated rings. The van der Waals surface area contributed by atoms with E-state index in [1.54, 1.807) is 0 Å². The molecular weight excluding hydrogens is 215 g/mol. The van der Waals surface area contributed by atoms with Crippen molar-refractivity contribution in [2.75, 3.05) is 6.54 Å². The molecule has 1 saturated carbocycles. The fourth-order valence-electron chi connectivity index (χ4n) is 2.22.